The lowest BCUT2D eigenvalue weighted by molar-refractivity contribution is -0.140. The summed E-state index contributed by atoms with van der Waals surface area (Å²) in [6, 6.07) is -3.52. The van der Waals surface area contributed by atoms with Crippen LogP contribution >= 0.6 is 7.60 Å². The predicted octanol–water partition coefficient (Wildman–Crippen LogP) is -1.80. The van der Waals surface area contributed by atoms with Crippen molar-refractivity contribution in [2.45, 2.75) is 51.2 Å². The molecule has 13 nitrogen and oxygen atoms in total. The van der Waals surface area contributed by atoms with Crippen molar-refractivity contribution in [3.05, 3.63) is 12.2 Å². The summed E-state index contributed by atoms with van der Waals surface area (Å²) in [7, 11) is -4.37. The number of carbonyl (C=O) groups is 3. The van der Waals surface area contributed by atoms with E-state index in [1.165, 1.54) is 0 Å². The van der Waals surface area contributed by atoms with E-state index >= 15 is 0 Å². The second-order valence-electron chi connectivity index (χ2n) is 7.35. The zero-order chi connectivity index (χ0) is 24.2. The van der Waals surface area contributed by atoms with Gasteiger partial charge < -0.3 is 42.7 Å². The number of aliphatic imine (C=N–C) groups is 1. The highest BCUT2D eigenvalue weighted by molar-refractivity contribution is 7.51. The number of nitrogens with two attached hydrogens (primary N) is 3. The van der Waals surface area contributed by atoms with E-state index in [1.807, 2.05) is 13.8 Å². The van der Waals surface area contributed by atoms with Crippen molar-refractivity contribution in [3.8, 4) is 0 Å². The Morgan fingerprint density at radius 1 is 1.13 bits per heavy atom. The normalized spacial score (nSPS) is 14.6. The molecular weight excluding hydrogens is 431 g/mol. The van der Waals surface area contributed by atoms with E-state index in [1.54, 1.807) is 0 Å². The summed E-state index contributed by atoms with van der Waals surface area (Å²) in [5.74, 6) is -2.81. The third kappa shape index (κ3) is 14.2. The van der Waals surface area contributed by atoms with Crippen molar-refractivity contribution in [1.82, 2.24) is 10.6 Å². The number of nitrogens with one attached hydrogen (secondary N) is 2. The van der Waals surface area contributed by atoms with Crippen molar-refractivity contribution in [3.63, 3.8) is 0 Å². The third-order valence-electron chi connectivity index (χ3n) is 3.88. The van der Waals surface area contributed by atoms with Gasteiger partial charge in [-0.1, -0.05) is 26.0 Å². The lowest BCUT2D eigenvalue weighted by Crippen LogP contribution is -2.54. The van der Waals surface area contributed by atoms with Gasteiger partial charge in [0, 0.05) is 6.54 Å². The molecule has 0 aliphatic heterocycles. The number of carboxylic acids is 1. The molecule has 0 rings (SSSR count). The van der Waals surface area contributed by atoms with Gasteiger partial charge in [0.1, 0.15) is 12.1 Å². The minimum absolute atomic E-state index is 0.0985. The lowest BCUT2D eigenvalue weighted by atomic mass is 10.0. The summed E-state index contributed by atoms with van der Waals surface area (Å²) in [4.78, 5) is 57.8. The molecule has 0 aliphatic carbocycles. The van der Waals surface area contributed by atoms with Crippen LogP contribution in [0.1, 0.15) is 33.1 Å². The van der Waals surface area contributed by atoms with Gasteiger partial charge in [0.05, 0.1) is 12.2 Å². The monoisotopic (exact) mass is 464 g/mol. The molecule has 0 bridgehead atoms. The van der Waals surface area contributed by atoms with E-state index in [0.717, 1.165) is 12.2 Å². The molecule has 0 aromatic rings. The molecule has 14 heteroatoms. The van der Waals surface area contributed by atoms with E-state index in [0.29, 0.717) is 12.8 Å². The Morgan fingerprint density at radius 3 is 2.23 bits per heavy atom. The van der Waals surface area contributed by atoms with Gasteiger partial charge in [-0.2, -0.15) is 0 Å². The molecule has 0 fully saturated rings. The Hall–Kier alpha value is -2.47. The average molecular weight is 464 g/mol. The molecule has 2 amide bonds. The molecule has 0 aromatic carbocycles. The van der Waals surface area contributed by atoms with Crippen molar-refractivity contribution >= 4 is 31.3 Å². The smallest absolute Gasteiger partial charge is 0.330 e. The molecule has 1 unspecified atom stereocenters. The van der Waals surface area contributed by atoms with Gasteiger partial charge in [-0.25, -0.2) is 4.79 Å². The number of carbonyl (C=O) groups excluding carboxylic acids is 2. The Balaban J connectivity index is 5.29. The Bertz CT molecular complexity index is 718. The molecular formula is C17H33N6O7P. The molecule has 178 valence electrons. The molecule has 3 atom stereocenters. The maximum Gasteiger partial charge on any atom is 0.330 e. The molecule has 0 heterocycles. The molecule has 0 saturated heterocycles. The Labute approximate surface area is 180 Å². The van der Waals surface area contributed by atoms with Crippen LogP contribution in [-0.2, 0) is 18.9 Å². The Kier molecular flexibility index (Phi) is 12.7. The van der Waals surface area contributed by atoms with E-state index in [4.69, 9.17) is 27.0 Å². The summed E-state index contributed by atoms with van der Waals surface area (Å²) >= 11 is 0. The van der Waals surface area contributed by atoms with Crippen LogP contribution in [0.5, 0.6) is 0 Å². The first-order valence-electron chi connectivity index (χ1n) is 9.58. The number of allylic oxidation sites excluding steroid dienone is 1. The van der Waals surface area contributed by atoms with Crippen molar-refractivity contribution in [1.29, 1.82) is 0 Å². The first-order valence-corrected chi connectivity index (χ1v) is 11.4. The number of nitrogens with zero attached hydrogens (tertiary/aromatic N) is 1. The number of aliphatic carboxylic acids is 1. The van der Waals surface area contributed by atoms with Gasteiger partial charge in [-0.15, -0.1) is 0 Å². The van der Waals surface area contributed by atoms with E-state index < -0.39 is 49.7 Å². The molecule has 0 aromatic heterocycles. The fourth-order valence-corrected chi connectivity index (χ4v) is 2.84. The predicted molar refractivity (Wildman–Crippen MR) is 115 cm³/mol. The summed E-state index contributed by atoms with van der Waals surface area (Å²) < 4.78 is 10.9. The highest BCUT2D eigenvalue weighted by Gasteiger charge is 2.27. The minimum atomic E-state index is -4.37. The summed E-state index contributed by atoms with van der Waals surface area (Å²) in [5.41, 5.74) is 16.3. The van der Waals surface area contributed by atoms with Crippen LogP contribution in [0.3, 0.4) is 0 Å². The number of hydrogen-bond acceptors (Lipinski definition) is 6. The first kappa shape index (κ1) is 28.5. The first-order chi connectivity index (χ1) is 14.2. The van der Waals surface area contributed by atoms with Crippen molar-refractivity contribution in [2.75, 3.05) is 12.7 Å². The zero-order valence-corrected chi connectivity index (χ0v) is 18.5. The average Bonchev–Trinajstić information content (AvgIpc) is 2.61. The third-order valence-corrected chi connectivity index (χ3v) is 4.56. The maximum atomic E-state index is 12.6. The molecule has 31 heavy (non-hydrogen) atoms. The van der Waals surface area contributed by atoms with Crippen LogP contribution in [0, 0.1) is 5.92 Å². The van der Waals surface area contributed by atoms with Gasteiger partial charge in [0.15, 0.2) is 5.96 Å². The molecule has 0 radical (unpaired) electrons. The van der Waals surface area contributed by atoms with Crippen LogP contribution in [0.2, 0.25) is 0 Å². The van der Waals surface area contributed by atoms with E-state index in [9.17, 15) is 24.1 Å². The van der Waals surface area contributed by atoms with E-state index in [-0.39, 0.29) is 24.8 Å². The van der Waals surface area contributed by atoms with Crippen molar-refractivity contribution < 1.29 is 33.8 Å². The molecule has 11 N–H and O–H groups in total. The quantitative estimate of drug-likeness (QED) is 0.0471. The molecule has 0 saturated carbocycles. The second kappa shape index (κ2) is 13.8. The van der Waals surface area contributed by atoms with Gasteiger partial charge >= 0.3 is 13.6 Å². The topological polar surface area (TPSA) is 243 Å². The maximum absolute atomic E-state index is 12.6. The lowest BCUT2D eigenvalue weighted by Gasteiger charge is -2.22. The van der Waals surface area contributed by atoms with Gasteiger partial charge in [-0.3, -0.25) is 19.1 Å². The number of amides is 2. The highest BCUT2D eigenvalue weighted by Crippen LogP contribution is 2.33. The number of hydrogen-bond donors (Lipinski definition) is 8. The number of guanidine groups is 1. The van der Waals surface area contributed by atoms with Crippen LogP contribution in [-0.4, -0.2) is 69.5 Å². The zero-order valence-electron chi connectivity index (χ0n) is 17.6. The largest absolute Gasteiger partial charge is 0.479 e. The van der Waals surface area contributed by atoms with Gasteiger partial charge in [-0.05, 0) is 25.2 Å². The number of carboxylic acid groups (broad SMARTS) is 1. The van der Waals surface area contributed by atoms with Gasteiger partial charge in [0.25, 0.3) is 0 Å². The van der Waals surface area contributed by atoms with Gasteiger partial charge in [0.2, 0.25) is 11.8 Å². The summed E-state index contributed by atoms with van der Waals surface area (Å²) in [5, 5.41) is 14.0. The highest BCUT2D eigenvalue weighted by atomic mass is 31.2. The Morgan fingerprint density at radius 2 is 1.74 bits per heavy atom. The van der Waals surface area contributed by atoms with Crippen LogP contribution < -0.4 is 27.8 Å². The fraction of sp³-hybridized carbons (Fsp3) is 0.647. The van der Waals surface area contributed by atoms with E-state index in [2.05, 4.69) is 15.6 Å². The summed E-state index contributed by atoms with van der Waals surface area (Å²) in [6.45, 7) is 3.95. The molecule has 0 spiro atoms. The fourth-order valence-electron chi connectivity index (χ4n) is 2.45. The molecule has 0 aliphatic rings. The number of rotatable bonds is 14. The van der Waals surface area contributed by atoms with Crippen molar-refractivity contribution in [2.24, 2.45) is 28.1 Å². The van der Waals surface area contributed by atoms with Crippen LogP contribution in [0.25, 0.3) is 0 Å². The standard InChI is InChI=1S/C17H33N6O7P/c1-10(2)9-11(18)14(24)22-12(5-3-7-21-17(19)20)15(25)23-13(16(26)27)6-4-8-31(28,29)30/h4,6,10-13H,3,5,7-9,18H2,1-2H3,(H,22,24)(H,23,25)(H,26,27)(H4,19,20,21)(H2,28,29,30)/b6-4+/t11-,12-,13?/m0/s1. The van der Waals surface area contributed by atoms with Crippen LogP contribution in [0.4, 0.5) is 0 Å². The van der Waals surface area contributed by atoms with Crippen LogP contribution in [0.15, 0.2) is 17.1 Å². The second-order valence-corrected chi connectivity index (χ2v) is 9.04. The summed E-state index contributed by atoms with van der Waals surface area (Å²) in [6.07, 6.45) is 2.02. The SMILES string of the molecule is CC(C)C[C@H](N)C(=O)N[C@@H](CCCN=C(N)N)C(=O)NC(/C=C/CP(=O)(O)O)C(=O)O. The minimum Gasteiger partial charge on any atom is -0.479 e.